The number of anilines is 3. The van der Waals surface area contributed by atoms with Gasteiger partial charge < -0.3 is 9.32 Å². The molecule has 282 valence electrons. The predicted molar refractivity (Wildman–Crippen MR) is 253 cm³/mol. The molecule has 0 aliphatic heterocycles. The summed E-state index contributed by atoms with van der Waals surface area (Å²) in [6, 6.07) is 84.8. The summed E-state index contributed by atoms with van der Waals surface area (Å²) in [6.07, 6.45) is 0. The fourth-order valence-electron chi connectivity index (χ4n) is 8.87. The van der Waals surface area contributed by atoms with E-state index in [1.807, 2.05) is 0 Å². The SMILES string of the molecule is c1ccc(-c2ccc(-c3ccc(N(c4ccccc4-c4ccccc4)c4ccccc4-c4cccc5oc6c7ccccc7ccc6c45)cc3)cc2-c2ccccc2)cc1. The molecule has 0 amide bonds. The zero-order valence-corrected chi connectivity index (χ0v) is 32.9. The molecule has 0 aliphatic carbocycles. The molecular weight excluding hydrogens is 727 g/mol. The Morgan fingerprint density at radius 1 is 0.300 bits per heavy atom. The van der Waals surface area contributed by atoms with Gasteiger partial charge in [-0.1, -0.05) is 194 Å². The maximum absolute atomic E-state index is 6.69. The minimum Gasteiger partial charge on any atom is -0.455 e. The Morgan fingerprint density at radius 3 is 1.57 bits per heavy atom. The first-order chi connectivity index (χ1) is 29.8. The van der Waals surface area contributed by atoms with Crippen molar-refractivity contribution in [2.75, 3.05) is 4.90 Å². The van der Waals surface area contributed by atoms with Crippen LogP contribution in [0, 0.1) is 0 Å². The Balaban J connectivity index is 1.09. The quantitative estimate of drug-likeness (QED) is 0.153. The van der Waals surface area contributed by atoms with Crippen molar-refractivity contribution in [3.63, 3.8) is 0 Å². The standard InChI is InChI=1S/C58H39NO/c1-4-17-41(18-5-1)47-37-34-45(39-53(47)43-21-8-3-9-22-43)40-31-35-46(36-32-40)59(54-28-14-12-24-48(54)42-19-6-2-7-20-42)55-29-15-13-26-50(55)51-27-16-30-56-57(51)52-38-33-44-23-10-11-25-49(44)58(52)60-56/h1-39H. The fraction of sp³-hybridized carbons (Fsp3) is 0. The average molecular weight is 766 g/mol. The number of hydrogen-bond donors (Lipinski definition) is 0. The van der Waals surface area contributed by atoms with E-state index in [0.29, 0.717) is 0 Å². The highest BCUT2D eigenvalue weighted by Gasteiger charge is 2.23. The molecule has 11 rings (SSSR count). The van der Waals surface area contributed by atoms with Gasteiger partial charge in [0, 0.05) is 33.0 Å². The summed E-state index contributed by atoms with van der Waals surface area (Å²) in [5, 5.41) is 4.52. The molecule has 0 saturated heterocycles. The molecule has 2 nitrogen and oxygen atoms in total. The number of benzene rings is 10. The van der Waals surface area contributed by atoms with Crippen LogP contribution in [0.5, 0.6) is 0 Å². The van der Waals surface area contributed by atoms with E-state index in [4.69, 9.17) is 4.42 Å². The minimum atomic E-state index is 0.877. The molecule has 0 fully saturated rings. The van der Waals surface area contributed by atoms with Crippen LogP contribution in [-0.2, 0) is 0 Å². The van der Waals surface area contributed by atoms with Gasteiger partial charge >= 0.3 is 0 Å². The van der Waals surface area contributed by atoms with E-state index in [0.717, 1.165) is 72.2 Å². The third-order valence-electron chi connectivity index (χ3n) is 11.7. The first kappa shape index (κ1) is 35.2. The van der Waals surface area contributed by atoms with Gasteiger partial charge in [-0.25, -0.2) is 0 Å². The molecule has 0 spiro atoms. The summed E-state index contributed by atoms with van der Waals surface area (Å²) in [6.45, 7) is 0. The van der Waals surface area contributed by atoms with Crippen molar-refractivity contribution < 1.29 is 4.42 Å². The molecule has 10 aromatic carbocycles. The molecule has 1 heterocycles. The van der Waals surface area contributed by atoms with Gasteiger partial charge in [-0.15, -0.1) is 0 Å². The van der Waals surface area contributed by atoms with Gasteiger partial charge in [0.25, 0.3) is 0 Å². The summed E-state index contributed by atoms with van der Waals surface area (Å²) >= 11 is 0. The highest BCUT2D eigenvalue weighted by molar-refractivity contribution is 6.19. The first-order valence-corrected chi connectivity index (χ1v) is 20.5. The topological polar surface area (TPSA) is 16.4 Å². The normalized spacial score (nSPS) is 11.3. The first-order valence-electron chi connectivity index (χ1n) is 20.5. The second-order valence-electron chi connectivity index (χ2n) is 15.2. The van der Waals surface area contributed by atoms with E-state index in [9.17, 15) is 0 Å². The Labute approximate surface area is 349 Å². The Morgan fingerprint density at radius 2 is 0.850 bits per heavy atom. The molecule has 11 aromatic rings. The monoisotopic (exact) mass is 765 g/mol. The molecule has 0 unspecified atom stereocenters. The van der Waals surface area contributed by atoms with E-state index >= 15 is 0 Å². The van der Waals surface area contributed by atoms with Crippen LogP contribution in [0.15, 0.2) is 241 Å². The fourth-order valence-corrected chi connectivity index (χ4v) is 8.87. The van der Waals surface area contributed by atoms with Crippen molar-refractivity contribution >= 4 is 49.8 Å². The minimum absolute atomic E-state index is 0.877. The highest BCUT2D eigenvalue weighted by Crippen LogP contribution is 2.48. The maximum Gasteiger partial charge on any atom is 0.143 e. The number of rotatable bonds is 8. The van der Waals surface area contributed by atoms with Crippen molar-refractivity contribution in [3.8, 4) is 55.6 Å². The van der Waals surface area contributed by atoms with E-state index in [2.05, 4.69) is 241 Å². The Hall–Kier alpha value is -7.94. The predicted octanol–water partition coefficient (Wildman–Crippen LogP) is 16.5. The van der Waals surface area contributed by atoms with Gasteiger partial charge in [0.2, 0.25) is 0 Å². The molecule has 2 heteroatoms. The van der Waals surface area contributed by atoms with E-state index < -0.39 is 0 Å². The van der Waals surface area contributed by atoms with E-state index in [1.54, 1.807) is 0 Å². The largest absolute Gasteiger partial charge is 0.455 e. The van der Waals surface area contributed by atoms with Gasteiger partial charge in [0.1, 0.15) is 11.2 Å². The summed E-state index contributed by atoms with van der Waals surface area (Å²) < 4.78 is 6.69. The Kier molecular flexibility index (Phi) is 8.87. The second kappa shape index (κ2) is 15.1. The summed E-state index contributed by atoms with van der Waals surface area (Å²) in [4.78, 5) is 2.42. The van der Waals surface area contributed by atoms with E-state index in [-0.39, 0.29) is 0 Å². The van der Waals surface area contributed by atoms with Crippen molar-refractivity contribution in [2.24, 2.45) is 0 Å². The lowest BCUT2D eigenvalue weighted by Gasteiger charge is -2.30. The summed E-state index contributed by atoms with van der Waals surface area (Å²) in [5.41, 5.74) is 16.8. The van der Waals surface area contributed by atoms with Gasteiger partial charge in [-0.3, -0.25) is 0 Å². The van der Waals surface area contributed by atoms with Gasteiger partial charge in [-0.05, 0) is 92.4 Å². The molecule has 0 N–H and O–H groups in total. The molecule has 60 heavy (non-hydrogen) atoms. The molecule has 0 bridgehead atoms. The molecule has 0 radical (unpaired) electrons. The van der Waals surface area contributed by atoms with Crippen LogP contribution in [0.3, 0.4) is 0 Å². The van der Waals surface area contributed by atoms with Gasteiger partial charge in [-0.2, -0.15) is 0 Å². The van der Waals surface area contributed by atoms with Crippen LogP contribution in [0.4, 0.5) is 17.1 Å². The summed E-state index contributed by atoms with van der Waals surface area (Å²) in [5.74, 6) is 0. The number of nitrogens with zero attached hydrogens (tertiary/aromatic N) is 1. The average Bonchev–Trinajstić information content (AvgIpc) is 3.73. The third-order valence-corrected chi connectivity index (χ3v) is 11.7. The number of hydrogen-bond acceptors (Lipinski definition) is 2. The summed E-state index contributed by atoms with van der Waals surface area (Å²) in [7, 11) is 0. The zero-order chi connectivity index (χ0) is 39.8. The van der Waals surface area contributed by atoms with E-state index in [1.165, 1.54) is 33.2 Å². The van der Waals surface area contributed by atoms with Gasteiger partial charge in [0.05, 0.1) is 11.4 Å². The van der Waals surface area contributed by atoms with Crippen LogP contribution in [0.2, 0.25) is 0 Å². The third kappa shape index (κ3) is 6.23. The van der Waals surface area contributed by atoms with Crippen LogP contribution in [-0.4, -0.2) is 0 Å². The number of fused-ring (bicyclic) bond motifs is 5. The zero-order valence-electron chi connectivity index (χ0n) is 32.9. The van der Waals surface area contributed by atoms with Crippen molar-refractivity contribution in [1.82, 2.24) is 0 Å². The molecule has 0 saturated carbocycles. The Bertz CT molecular complexity index is 3290. The molecule has 1 aromatic heterocycles. The van der Waals surface area contributed by atoms with Crippen LogP contribution in [0.1, 0.15) is 0 Å². The van der Waals surface area contributed by atoms with Crippen molar-refractivity contribution in [3.05, 3.63) is 237 Å². The maximum atomic E-state index is 6.69. The van der Waals surface area contributed by atoms with Crippen LogP contribution >= 0.6 is 0 Å². The van der Waals surface area contributed by atoms with Crippen molar-refractivity contribution in [2.45, 2.75) is 0 Å². The molecule has 0 atom stereocenters. The number of furan rings is 1. The molecule has 0 aliphatic rings. The van der Waals surface area contributed by atoms with Gasteiger partial charge in [0.15, 0.2) is 0 Å². The van der Waals surface area contributed by atoms with Crippen LogP contribution < -0.4 is 4.90 Å². The lowest BCUT2D eigenvalue weighted by Crippen LogP contribution is -2.12. The van der Waals surface area contributed by atoms with Crippen LogP contribution in [0.25, 0.3) is 88.3 Å². The van der Waals surface area contributed by atoms with Crippen molar-refractivity contribution in [1.29, 1.82) is 0 Å². The second-order valence-corrected chi connectivity index (χ2v) is 15.2. The number of para-hydroxylation sites is 2. The highest BCUT2D eigenvalue weighted by atomic mass is 16.3. The lowest BCUT2D eigenvalue weighted by molar-refractivity contribution is 0.673. The smallest absolute Gasteiger partial charge is 0.143 e. The lowest BCUT2D eigenvalue weighted by atomic mass is 9.91. The molecular formula is C58H39NO.